The highest BCUT2D eigenvalue weighted by Crippen LogP contribution is 2.18. The van der Waals surface area contributed by atoms with Crippen LogP contribution in [0.5, 0.6) is 5.88 Å². The average molecular weight is 179 g/mol. The molecule has 0 radical (unpaired) electrons. The number of hydrogen-bond acceptors (Lipinski definition) is 3. The number of nitrogens with zero attached hydrogens (tertiary/aromatic N) is 1. The molecule has 70 valence electrons. The lowest BCUT2D eigenvalue weighted by atomic mass is 10.2. The van der Waals surface area contributed by atoms with E-state index in [1.54, 1.807) is 6.07 Å². The van der Waals surface area contributed by atoms with Gasteiger partial charge in [-0.1, -0.05) is 6.58 Å². The van der Waals surface area contributed by atoms with Crippen LogP contribution in [0.2, 0.25) is 0 Å². The van der Waals surface area contributed by atoms with Crippen molar-refractivity contribution in [1.29, 1.82) is 0 Å². The number of aliphatic hydroxyl groups is 1. The maximum absolute atomic E-state index is 8.94. The molecule has 0 aliphatic rings. The molecule has 3 heteroatoms. The largest absolute Gasteiger partial charge is 0.481 e. The van der Waals surface area contributed by atoms with E-state index in [2.05, 4.69) is 11.6 Å². The molecule has 0 amide bonds. The van der Waals surface area contributed by atoms with Crippen molar-refractivity contribution >= 4 is 5.57 Å². The molecule has 1 N–H and O–H groups in total. The Hall–Kier alpha value is -1.35. The Morgan fingerprint density at radius 2 is 2.31 bits per heavy atom. The van der Waals surface area contributed by atoms with Crippen LogP contribution >= 0.6 is 0 Å². The highest BCUT2D eigenvalue weighted by Gasteiger charge is 2.04. The number of methoxy groups -OCH3 is 1. The molecule has 1 heterocycles. The van der Waals surface area contributed by atoms with Crippen molar-refractivity contribution in [1.82, 2.24) is 4.98 Å². The Morgan fingerprint density at radius 1 is 1.62 bits per heavy atom. The summed E-state index contributed by atoms with van der Waals surface area (Å²) in [5.74, 6) is 0.461. The predicted molar refractivity (Wildman–Crippen MR) is 51.4 cm³/mol. The van der Waals surface area contributed by atoms with E-state index in [0.717, 1.165) is 11.3 Å². The molecule has 0 atom stereocenters. The number of rotatable bonds is 3. The highest BCUT2D eigenvalue weighted by atomic mass is 16.5. The lowest BCUT2D eigenvalue weighted by Crippen LogP contribution is -1.97. The van der Waals surface area contributed by atoms with Crippen molar-refractivity contribution < 1.29 is 9.84 Å². The van der Waals surface area contributed by atoms with Crippen LogP contribution in [-0.4, -0.2) is 17.2 Å². The monoisotopic (exact) mass is 179 g/mol. The minimum absolute atomic E-state index is 0.0629. The molecular weight excluding hydrogens is 166 g/mol. The van der Waals surface area contributed by atoms with Crippen LogP contribution in [0.25, 0.3) is 5.57 Å². The summed E-state index contributed by atoms with van der Waals surface area (Å²) < 4.78 is 5.01. The van der Waals surface area contributed by atoms with E-state index >= 15 is 0 Å². The van der Waals surface area contributed by atoms with Gasteiger partial charge in [0.15, 0.2) is 0 Å². The molecule has 3 nitrogen and oxygen atoms in total. The first-order chi connectivity index (χ1) is 6.19. The van der Waals surface area contributed by atoms with Crippen LogP contribution in [0.1, 0.15) is 18.2 Å². The topological polar surface area (TPSA) is 42.4 Å². The Kier molecular flexibility index (Phi) is 3.03. The minimum atomic E-state index is -0.0629. The molecule has 0 saturated carbocycles. The zero-order chi connectivity index (χ0) is 9.84. The van der Waals surface area contributed by atoms with Gasteiger partial charge >= 0.3 is 0 Å². The van der Waals surface area contributed by atoms with E-state index in [1.165, 1.54) is 7.11 Å². The average Bonchev–Trinajstić information content (AvgIpc) is 2.16. The lowest BCUT2D eigenvalue weighted by Gasteiger charge is -2.06. The molecule has 0 saturated heterocycles. The van der Waals surface area contributed by atoms with Crippen molar-refractivity contribution in [2.24, 2.45) is 0 Å². The Labute approximate surface area is 77.7 Å². The van der Waals surface area contributed by atoms with E-state index < -0.39 is 0 Å². The van der Waals surface area contributed by atoms with Gasteiger partial charge in [0.05, 0.1) is 19.4 Å². The third-order valence-corrected chi connectivity index (χ3v) is 1.74. The Bertz CT molecular complexity index is 321. The molecule has 1 aromatic heterocycles. The second-order valence-corrected chi connectivity index (χ2v) is 2.80. The quantitative estimate of drug-likeness (QED) is 0.766. The molecule has 0 spiro atoms. The van der Waals surface area contributed by atoms with E-state index in [4.69, 9.17) is 9.84 Å². The number of pyridine rings is 1. The second-order valence-electron chi connectivity index (χ2n) is 2.80. The number of hydrogen-bond donors (Lipinski definition) is 1. The summed E-state index contributed by atoms with van der Waals surface area (Å²) in [4.78, 5) is 4.18. The summed E-state index contributed by atoms with van der Waals surface area (Å²) in [7, 11) is 1.53. The fourth-order valence-corrected chi connectivity index (χ4v) is 1.00. The standard InChI is InChI=1S/C10H13NO2/c1-7(2)9-5-4-8(6-12)10(11-9)13-3/h4-5,12H,1,6H2,2-3H3. The first-order valence-corrected chi connectivity index (χ1v) is 3.99. The van der Waals surface area contributed by atoms with Crippen LogP contribution in [0.4, 0.5) is 0 Å². The molecular formula is C10H13NO2. The summed E-state index contributed by atoms with van der Waals surface area (Å²) in [6.45, 7) is 5.59. The molecule has 0 aliphatic carbocycles. The summed E-state index contributed by atoms with van der Waals surface area (Å²) in [5, 5.41) is 8.94. The van der Waals surface area contributed by atoms with Crippen LogP contribution in [0, 0.1) is 0 Å². The molecule has 0 aromatic carbocycles. The van der Waals surface area contributed by atoms with Gasteiger partial charge in [0.25, 0.3) is 0 Å². The Balaban J connectivity index is 3.13. The third kappa shape index (κ3) is 2.06. The smallest absolute Gasteiger partial charge is 0.219 e. The van der Waals surface area contributed by atoms with E-state index in [1.807, 2.05) is 13.0 Å². The van der Waals surface area contributed by atoms with Crippen molar-refractivity contribution in [3.8, 4) is 5.88 Å². The van der Waals surface area contributed by atoms with E-state index in [0.29, 0.717) is 11.4 Å². The highest BCUT2D eigenvalue weighted by molar-refractivity contribution is 5.58. The van der Waals surface area contributed by atoms with Gasteiger partial charge < -0.3 is 9.84 Å². The summed E-state index contributed by atoms with van der Waals surface area (Å²) in [6, 6.07) is 3.60. The maximum Gasteiger partial charge on any atom is 0.219 e. The van der Waals surface area contributed by atoms with Crippen LogP contribution in [0.3, 0.4) is 0 Å². The molecule has 0 bridgehead atoms. The summed E-state index contributed by atoms with van der Waals surface area (Å²) in [5.41, 5.74) is 2.35. The van der Waals surface area contributed by atoms with Crippen molar-refractivity contribution in [3.63, 3.8) is 0 Å². The van der Waals surface area contributed by atoms with Gasteiger partial charge in [0.2, 0.25) is 5.88 Å². The van der Waals surface area contributed by atoms with Crippen LogP contribution in [-0.2, 0) is 6.61 Å². The predicted octanol–water partition coefficient (Wildman–Crippen LogP) is 1.62. The number of aromatic nitrogens is 1. The molecule has 0 aliphatic heterocycles. The van der Waals surface area contributed by atoms with Gasteiger partial charge in [-0.3, -0.25) is 0 Å². The summed E-state index contributed by atoms with van der Waals surface area (Å²) >= 11 is 0. The third-order valence-electron chi connectivity index (χ3n) is 1.74. The van der Waals surface area contributed by atoms with Crippen molar-refractivity contribution in [2.75, 3.05) is 7.11 Å². The first kappa shape index (κ1) is 9.74. The van der Waals surface area contributed by atoms with Crippen molar-refractivity contribution in [2.45, 2.75) is 13.5 Å². The van der Waals surface area contributed by atoms with Crippen molar-refractivity contribution in [3.05, 3.63) is 30.0 Å². The summed E-state index contributed by atoms with van der Waals surface area (Å²) in [6.07, 6.45) is 0. The minimum Gasteiger partial charge on any atom is -0.481 e. The zero-order valence-corrected chi connectivity index (χ0v) is 7.87. The van der Waals surface area contributed by atoms with Gasteiger partial charge in [-0.05, 0) is 24.6 Å². The van der Waals surface area contributed by atoms with Gasteiger partial charge in [0, 0.05) is 5.56 Å². The fraction of sp³-hybridized carbons (Fsp3) is 0.300. The molecule has 1 aromatic rings. The normalized spacial score (nSPS) is 9.77. The lowest BCUT2D eigenvalue weighted by molar-refractivity contribution is 0.271. The number of aliphatic hydroxyl groups excluding tert-OH is 1. The maximum atomic E-state index is 8.94. The SMILES string of the molecule is C=C(C)c1ccc(CO)c(OC)n1. The van der Waals surface area contributed by atoms with Gasteiger partial charge in [-0.2, -0.15) is 0 Å². The zero-order valence-electron chi connectivity index (χ0n) is 7.87. The number of ether oxygens (including phenoxy) is 1. The molecule has 13 heavy (non-hydrogen) atoms. The van der Waals surface area contributed by atoms with Crippen LogP contribution in [0.15, 0.2) is 18.7 Å². The van der Waals surface area contributed by atoms with Gasteiger partial charge in [-0.15, -0.1) is 0 Å². The van der Waals surface area contributed by atoms with Gasteiger partial charge in [0.1, 0.15) is 0 Å². The Morgan fingerprint density at radius 3 is 2.77 bits per heavy atom. The molecule has 1 rings (SSSR count). The fourth-order valence-electron chi connectivity index (χ4n) is 1.00. The van der Waals surface area contributed by atoms with E-state index in [9.17, 15) is 0 Å². The molecule has 0 fully saturated rings. The first-order valence-electron chi connectivity index (χ1n) is 3.99. The molecule has 0 unspecified atom stereocenters. The number of allylic oxidation sites excluding steroid dienone is 1. The van der Waals surface area contributed by atoms with E-state index in [-0.39, 0.29) is 6.61 Å². The van der Waals surface area contributed by atoms with Gasteiger partial charge in [-0.25, -0.2) is 4.98 Å². The second kappa shape index (κ2) is 4.05. The van der Waals surface area contributed by atoms with Crippen LogP contribution < -0.4 is 4.74 Å².